The second-order valence-corrected chi connectivity index (χ2v) is 2.64. The lowest BCUT2D eigenvalue weighted by Gasteiger charge is -2.20. The van der Waals surface area contributed by atoms with Crippen molar-refractivity contribution in [3.05, 3.63) is 0 Å². The maximum Gasteiger partial charge on any atom is 0.341 e. The molecule has 0 aromatic heterocycles. The molecule has 0 heterocycles. The van der Waals surface area contributed by atoms with E-state index in [4.69, 9.17) is 5.73 Å². The second-order valence-electron chi connectivity index (χ2n) is 2.64. The summed E-state index contributed by atoms with van der Waals surface area (Å²) in [6, 6.07) is 0. The van der Waals surface area contributed by atoms with Crippen LogP contribution in [0.25, 0.3) is 0 Å². The fourth-order valence-corrected chi connectivity index (χ4v) is 0.780. The molecule has 0 bridgehead atoms. The van der Waals surface area contributed by atoms with Gasteiger partial charge in [-0.15, -0.1) is 0 Å². The van der Waals surface area contributed by atoms with Crippen molar-refractivity contribution in [2.24, 2.45) is 5.73 Å². The minimum atomic E-state index is -2.13. The van der Waals surface area contributed by atoms with Gasteiger partial charge in [0.05, 0.1) is 6.61 Å². The van der Waals surface area contributed by atoms with Gasteiger partial charge in [-0.05, 0) is 20.8 Å². The molecule has 0 aromatic rings. The van der Waals surface area contributed by atoms with Crippen molar-refractivity contribution >= 4 is 17.5 Å². The fourth-order valence-electron chi connectivity index (χ4n) is 0.780. The first-order valence-corrected chi connectivity index (χ1v) is 3.85. The number of Topliss-reactive ketones (excluding diaryl/α,β-unsaturated/α-hetero) is 2. The Bertz CT molecular complexity index is 233. The molecule has 0 saturated carbocycles. The summed E-state index contributed by atoms with van der Waals surface area (Å²) in [5, 5.41) is 0. The molecule has 0 radical (unpaired) electrons. The molecular formula is C8H13NO4. The fraction of sp³-hybridized carbons (Fsp3) is 0.625. The van der Waals surface area contributed by atoms with Gasteiger partial charge in [-0.2, -0.15) is 0 Å². The van der Waals surface area contributed by atoms with Crippen molar-refractivity contribution in [3.8, 4) is 0 Å². The first-order chi connectivity index (χ1) is 5.87. The molecule has 5 heteroatoms. The molecule has 0 aliphatic carbocycles. The summed E-state index contributed by atoms with van der Waals surface area (Å²) in [6.07, 6.45) is 0. The number of hydrogen-bond donors (Lipinski definition) is 1. The highest BCUT2D eigenvalue weighted by molar-refractivity contribution is 6.26. The minimum Gasteiger partial charge on any atom is -0.464 e. The molecule has 0 amide bonds. The van der Waals surface area contributed by atoms with Crippen LogP contribution >= 0.6 is 0 Å². The van der Waals surface area contributed by atoms with Crippen LogP contribution in [0.2, 0.25) is 0 Å². The normalized spacial score (nSPS) is 10.8. The van der Waals surface area contributed by atoms with E-state index in [2.05, 4.69) is 4.74 Å². The molecule has 5 nitrogen and oxygen atoms in total. The number of carbonyl (C=O) groups excluding carboxylic acids is 3. The predicted molar refractivity (Wildman–Crippen MR) is 44.9 cm³/mol. The number of carbonyl (C=O) groups is 3. The van der Waals surface area contributed by atoms with Crippen LogP contribution < -0.4 is 5.73 Å². The van der Waals surface area contributed by atoms with Crippen LogP contribution in [0.15, 0.2) is 0 Å². The largest absolute Gasteiger partial charge is 0.464 e. The van der Waals surface area contributed by atoms with Crippen LogP contribution in [0, 0.1) is 0 Å². The quantitative estimate of drug-likeness (QED) is 0.470. The molecule has 0 rings (SSSR count). The van der Waals surface area contributed by atoms with E-state index in [1.807, 2.05) is 0 Å². The van der Waals surface area contributed by atoms with Crippen molar-refractivity contribution in [3.63, 3.8) is 0 Å². The highest BCUT2D eigenvalue weighted by atomic mass is 16.5. The van der Waals surface area contributed by atoms with Crippen molar-refractivity contribution < 1.29 is 19.1 Å². The van der Waals surface area contributed by atoms with Gasteiger partial charge in [-0.1, -0.05) is 0 Å². The lowest BCUT2D eigenvalue weighted by Crippen LogP contribution is -2.60. The molecule has 13 heavy (non-hydrogen) atoms. The summed E-state index contributed by atoms with van der Waals surface area (Å²) in [5.41, 5.74) is 3.21. The minimum absolute atomic E-state index is 0.0817. The number of ether oxygens (including phenoxy) is 1. The third kappa shape index (κ3) is 2.12. The zero-order valence-corrected chi connectivity index (χ0v) is 7.92. The van der Waals surface area contributed by atoms with Crippen LogP contribution in [0.3, 0.4) is 0 Å². The van der Waals surface area contributed by atoms with Crippen LogP contribution in [0.4, 0.5) is 0 Å². The first-order valence-electron chi connectivity index (χ1n) is 3.85. The Morgan fingerprint density at radius 3 is 1.85 bits per heavy atom. The molecule has 0 spiro atoms. The van der Waals surface area contributed by atoms with E-state index < -0.39 is 23.1 Å². The summed E-state index contributed by atoms with van der Waals surface area (Å²) < 4.78 is 4.52. The lowest BCUT2D eigenvalue weighted by atomic mass is 9.92. The third-order valence-corrected chi connectivity index (χ3v) is 1.71. The van der Waals surface area contributed by atoms with Gasteiger partial charge >= 0.3 is 5.97 Å². The maximum atomic E-state index is 11.2. The molecule has 0 atom stereocenters. The number of rotatable bonds is 4. The van der Waals surface area contributed by atoms with Crippen LogP contribution in [-0.4, -0.2) is 29.7 Å². The molecule has 0 aromatic carbocycles. The molecule has 0 aliphatic rings. The van der Waals surface area contributed by atoms with Gasteiger partial charge in [0.1, 0.15) is 0 Å². The van der Waals surface area contributed by atoms with Gasteiger partial charge in [-0.25, -0.2) is 4.79 Å². The van der Waals surface area contributed by atoms with Crippen LogP contribution in [0.1, 0.15) is 20.8 Å². The van der Waals surface area contributed by atoms with E-state index >= 15 is 0 Å². The van der Waals surface area contributed by atoms with Crippen molar-refractivity contribution in [1.29, 1.82) is 0 Å². The van der Waals surface area contributed by atoms with Crippen molar-refractivity contribution in [2.75, 3.05) is 6.61 Å². The summed E-state index contributed by atoms with van der Waals surface area (Å²) in [7, 11) is 0. The standard InChI is InChI=1S/C8H13NO4/c1-4-13-7(12)8(9,5(2)10)6(3)11/h4,9H2,1-3H3. The van der Waals surface area contributed by atoms with E-state index in [1.54, 1.807) is 6.92 Å². The average molecular weight is 187 g/mol. The zero-order valence-electron chi connectivity index (χ0n) is 7.92. The van der Waals surface area contributed by atoms with E-state index in [0.717, 1.165) is 13.8 Å². The van der Waals surface area contributed by atoms with E-state index in [1.165, 1.54) is 0 Å². The van der Waals surface area contributed by atoms with Gasteiger partial charge in [0, 0.05) is 0 Å². The van der Waals surface area contributed by atoms with Gasteiger partial charge in [-0.3, -0.25) is 9.59 Å². The third-order valence-electron chi connectivity index (χ3n) is 1.71. The number of nitrogens with two attached hydrogens (primary N) is 1. The lowest BCUT2D eigenvalue weighted by molar-refractivity contribution is -0.156. The van der Waals surface area contributed by atoms with E-state index in [9.17, 15) is 14.4 Å². The second kappa shape index (κ2) is 4.13. The number of ketones is 2. The first kappa shape index (κ1) is 11.8. The summed E-state index contributed by atoms with van der Waals surface area (Å²) in [6.45, 7) is 3.81. The Morgan fingerprint density at radius 2 is 1.62 bits per heavy atom. The highest BCUT2D eigenvalue weighted by Gasteiger charge is 2.45. The molecular weight excluding hydrogens is 174 g/mol. The van der Waals surface area contributed by atoms with Crippen molar-refractivity contribution in [2.45, 2.75) is 26.3 Å². The number of esters is 1. The molecule has 0 saturated heterocycles. The summed E-state index contributed by atoms with van der Waals surface area (Å²) >= 11 is 0. The Morgan fingerprint density at radius 1 is 1.23 bits per heavy atom. The Balaban J connectivity index is 4.91. The Kier molecular flexibility index (Phi) is 3.74. The van der Waals surface area contributed by atoms with Gasteiger partial charge < -0.3 is 10.5 Å². The van der Waals surface area contributed by atoms with E-state index in [0.29, 0.717) is 0 Å². The predicted octanol–water partition coefficient (Wildman–Crippen LogP) is -0.575. The average Bonchev–Trinajstić information content (AvgIpc) is 2.02. The van der Waals surface area contributed by atoms with Gasteiger partial charge in [0.2, 0.25) is 5.54 Å². The molecule has 2 N–H and O–H groups in total. The smallest absolute Gasteiger partial charge is 0.341 e. The highest BCUT2D eigenvalue weighted by Crippen LogP contribution is 2.07. The zero-order chi connectivity index (χ0) is 10.6. The number of hydrogen-bond acceptors (Lipinski definition) is 5. The Labute approximate surface area is 76.2 Å². The monoisotopic (exact) mass is 187 g/mol. The molecule has 74 valence electrons. The molecule has 0 aliphatic heterocycles. The van der Waals surface area contributed by atoms with Crippen LogP contribution in [0.5, 0.6) is 0 Å². The van der Waals surface area contributed by atoms with Gasteiger partial charge in [0.25, 0.3) is 0 Å². The van der Waals surface area contributed by atoms with Crippen LogP contribution in [-0.2, 0) is 19.1 Å². The maximum absolute atomic E-state index is 11.2. The SMILES string of the molecule is CCOC(=O)C(N)(C(C)=O)C(C)=O. The molecule has 0 fully saturated rings. The summed E-state index contributed by atoms with van der Waals surface area (Å²) in [4.78, 5) is 33.1. The topological polar surface area (TPSA) is 86.5 Å². The van der Waals surface area contributed by atoms with E-state index in [-0.39, 0.29) is 6.61 Å². The van der Waals surface area contributed by atoms with Crippen molar-refractivity contribution in [1.82, 2.24) is 0 Å². The summed E-state index contributed by atoms with van der Waals surface area (Å²) in [5.74, 6) is -2.41. The van der Waals surface area contributed by atoms with Gasteiger partial charge in [0.15, 0.2) is 11.6 Å². The molecule has 0 unspecified atom stereocenters. The Hall–Kier alpha value is -1.23.